The normalized spacial score (nSPS) is 9.93. The van der Waals surface area contributed by atoms with Crippen LogP contribution in [0.2, 0.25) is 0 Å². The van der Waals surface area contributed by atoms with Crippen LogP contribution in [0.3, 0.4) is 0 Å². The maximum Gasteiger partial charge on any atom is 0.119 e. The summed E-state index contributed by atoms with van der Waals surface area (Å²) < 4.78 is 6.80. The lowest BCUT2D eigenvalue weighted by Gasteiger charge is -2.06. The Bertz CT molecular complexity index is 284. The molecule has 0 aliphatic heterocycles. The highest BCUT2D eigenvalue weighted by Gasteiger charge is 1.93. The fraction of sp³-hybridized carbons (Fsp3) is 0.333. The average Bonchev–Trinajstić information content (AvgIpc) is 2.26. The third-order valence-corrected chi connectivity index (χ3v) is 2.59. The van der Waals surface area contributed by atoms with E-state index in [1.807, 2.05) is 30.3 Å². The first-order valence-corrected chi connectivity index (χ1v) is 6.11. The minimum Gasteiger partial charge on any atom is -0.494 e. The minimum absolute atomic E-state index is 0.755. The van der Waals surface area contributed by atoms with Gasteiger partial charge in [-0.15, -0.1) is 6.58 Å². The van der Waals surface area contributed by atoms with Crippen molar-refractivity contribution in [2.45, 2.75) is 6.42 Å². The van der Waals surface area contributed by atoms with E-state index in [1.54, 1.807) is 0 Å². The van der Waals surface area contributed by atoms with E-state index in [0.717, 1.165) is 31.9 Å². The molecule has 0 aliphatic carbocycles. The van der Waals surface area contributed by atoms with E-state index in [4.69, 9.17) is 4.74 Å². The standard InChI is InChI=1S/C12H16INO/c1-2-8-14-9-3-10-15-12-6-4-11(13)5-7-12/h2,4-7,14H,1,3,8-10H2. The minimum atomic E-state index is 0.755. The lowest BCUT2D eigenvalue weighted by atomic mass is 10.3. The predicted octanol–water partition coefficient (Wildman–Crippen LogP) is 2.84. The van der Waals surface area contributed by atoms with Crippen LogP contribution in [0.5, 0.6) is 5.75 Å². The van der Waals surface area contributed by atoms with Crippen molar-refractivity contribution in [1.82, 2.24) is 5.32 Å². The van der Waals surface area contributed by atoms with Gasteiger partial charge in [0.15, 0.2) is 0 Å². The van der Waals surface area contributed by atoms with Gasteiger partial charge in [0.2, 0.25) is 0 Å². The predicted molar refractivity (Wildman–Crippen MR) is 72.3 cm³/mol. The molecule has 2 nitrogen and oxygen atoms in total. The quantitative estimate of drug-likeness (QED) is 0.474. The second kappa shape index (κ2) is 7.70. The summed E-state index contributed by atoms with van der Waals surface area (Å²) in [6.07, 6.45) is 2.87. The zero-order valence-corrected chi connectivity index (χ0v) is 10.9. The van der Waals surface area contributed by atoms with Crippen LogP contribution >= 0.6 is 22.6 Å². The van der Waals surface area contributed by atoms with Gasteiger partial charge in [0.1, 0.15) is 5.75 Å². The second-order valence-electron chi connectivity index (χ2n) is 3.15. The largest absolute Gasteiger partial charge is 0.494 e. The molecule has 0 amide bonds. The highest BCUT2D eigenvalue weighted by molar-refractivity contribution is 14.1. The molecule has 1 aromatic rings. The Morgan fingerprint density at radius 3 is 2.73 bits per heavy atom. The zero-order chi connectivity index (χ0) is 10.9. The van der Waals surface area contributed by atoms with E-state index in [-0.39, 0.29) is 0 Å². The topological polar surface area (TPSA) is 21.3 Å². The van der Waals surface area contributed by atoms with Crippen LogP contribution in [-0.4, -0.2) is 19.7 Å². The smallest absolute Gasteiger partial charge is 0.119 e. The van der Waals surface area contributed by atoms with Gasteiger partial charge in [0.25, 0.3) is 0 Å². The van der Waals surface area contributed by atoms with Crippen molar-refractivity contribution in [3.63, 3.8) is 0 Å². The summed E-state index contributed by atoms with van der Waals surface area (Å²) in [6, 6.07) is 8.09. The van der Waals surface area contributed by atoms with Crippen molar-refractivity contribution >= 4 is 22.6 Å². The van der Waals surface area contributed by atoms with Crippen molar-refractivity contribution in [2.24, 2.45) is 0 Å². The fourth-order valence-corrected chi connectivity index (χ4v) is 1.48. The molecule has 0 saturated carbocycles. The third-order valence-electron chi connectivity index (χ3n) is 1.87. The van der Waals surface area contributed by atoms with Gasteiger partial charge in [-0.25, -0.2) is 0 Å². The lowest BCUT2D eigenvalue weighted by Crippen LogP contribution is -2.17. The van der Waals surface area contributed by atoms with Crippen LogP contribution in [-0.2, 0) is 0 Å². The number of nitrogens with one attached hydrogen (secondary N) is 1. The van der Waals surface area contributed by atoms with E-state index < -0.39 is 0 Å². The van der Waals surface area contributed by atoms with Gasteiger partial charge in [0.05, 0.1) is 6.61 Å². The molecule has 0 bridgehead atoms. The van der Waals surface area contributed by atoms with Gasteiger partial charge in [-0.1, -0.05) is 6.08 Å². The molecular formula is C12H16INO. The highest BCUT2D eigenvalue weighted by atomic mass is 127. The Labute approximate surface area is 105 Å². The van der Waals surface area contributed by atoms with Gasteiger partial charge in [0, 0.05) is 10.1 Å². The number of halogens is 1. The molecule has 0 aliphatic rings. The monoisotopic (exact) mass is 317 g/mol. The molecule has 1 aromatic carbocycles. The zero-order valence-electron chi connectivity index (χ0n) is 8.71. The van der Waals surface area contributed by atoms with Crippen LogP contribution < -0.4 is 10.1 Å². The van der Waals surface area contributed by atoms with Crippen molar-refractivity contribution in [1.29, 1.82) is 0 Å². The molecule has 0 fully saturated rings. The van der Waals surface area contributed by atoms with Gasteiger partial charge in [-0.2, -0.15) is 0 Å². The fourth-order valence-electron chi connectivity index (χ4n) is 1.12. The first-order chi connectivity index (χ1) is 7.33. The summed E-state index contributed by atoms with van der Waals surface area (Å²) in [5.41, 5.74) is 0. The second-order valence-corrected chi connectivity index (χ2v) is 4.39. The SMILES string of the molecule is C=CCNCCCOc1ccc(I)cc1. The maximum absolute atomic E-state index is 5.57. The summed E-state index contributed by atoms with van der Waals surface area (Å²) in [5.74, 6) is 0.944. The van der Waals surface area contributed by atoms with Crippen LogP contribution in [0.15, 0.2) is 36.9 Å². The summed E-state index contributed by atoms with van der Waals surface area (Å²) in [5, 5.41) is 3.23. The van der Waals surface area contributed by atoms with Crippen LogP contribution in [0, 0.1) is 3.57 Å². The number of hydrogen-bond donors (Lipinski definition) is 1. The molecule has 3 heteroatoms. The maximum atomic E-state index is 5.57. The van der Waals surface area contributed by atoms with E-state index >= 15 is 0 Å². The molecule has 0 heterocycles. The van der Waals surface area contributed by atoms with Gasteiger partial charge < -0.3 is 10.1 Å². The molecule has 82 valence electrons. The molecule has 0 saturated heterocycles. The van der Waals surface area contributed by atoms with E-state index in [0.29, 0.717) is 0 Å². The van der Waals surface area contributed by atoms with Crippen molar-refractivity contribution in [2.75, 3.05) is 19.7 Å². The van der Waals surface area contributed by atoms with Crippen LogP contribution in [0.4, 0.5) is 0 Å². The molecule has 0 spiro atoms. The molecule has 0 radical (unpaired) electrons. The van der Waals surface area contributed by atoms with Gasteiger partial charge in [-0.05, 0) is 59.8 Å². The number of rotatable bonds is 7. The van der Waals surface area contributed by atoms with Crippen LogP contribution in [0.25, 0.3) is 0 Å². The lowest BCUT2D eigenvalue weighted by molar-refractivity contribution is 0.309. The first-order valence-electron chi connectivity index (χ1n) is 5.03. The molecule has 0 atom stereocenters. The van der Waals surface area contributed by atoms with Gasteiger partial charge >= 0.3 is 0 Å². The van der Waals surface area contributed by atoms with E-state index in [2.05, 4.69) is 34.5 Å². The first kappa shape index (κ1) is 12.5. The summed E-state index contributed by atoms with van der Waals surface area (Å²) in [4.78, 5) is 0. The molecule has 1 rings (SSSR count). The number of ether oxygens (including phenoxy) is 1. The summed E-state index contributed by atoms with van der Waals surface area (Å²) >= 11 is 2.28. The van der Waals surface area contributed by atoms with Crippen molar-refractivity contribution < 1.29 is 4.74 Å². The molecule has 1 N–H and O–H groups in total. The molecule has 0 aromatic heterocycles. The Hall–Kier alpha value is -0.550. The van der Waals surface area contributed by atoms with Crippen LogP contribution in [0.1, 0.15) is 6.42 Å². The Balaban J connectivity index is 2.09. The number of hydrogen-bond acceptors (Lipinski definition) is 2. The molecular weight excluding hydrogens is 301 g/mol. The Morgan fingerprint density at radius 2 is 2.07 bits per heavy atom. The van der Waals surface area contributed by atoms with Crippen molar-refractivity contribution in [3.8, 4) is 5.75 Å². The Morgan fingerprint density at radius 1 is 1.33 bits per heavy atom. The van der Waals surface area contributed by atoms with E-state index in [9.17, 15) is 0 Å². The summed E-state index contributed by atoms with van der Waals surface area (Å²) in [6.45, 7) is 6.23. The highest BCUT2D eigenvalue weighted by Crippen LogP contribution is 2.13. The average molecular weight is 317 g/mol. The summed E-state index contributed by atoms with van der Waals surface area (Å²) in [7, 11) is 0. The number of benzene rings is 1. The molecule has 0 unspecified atom stereocenters. The molecule has 15 heavy (non-hydrogen) atoms. The third kappa shape index (κ3) is 5.79. The Kier molecular flexibility index (Phi) is 6.43. The van der Waals surface area contributed by atoms with E-state index in [1.165, 1.54) is 3.57 Å². The van der Waals surface area contributed by atoms with Gasteiger partial charge in [-0.3, -0.25) is 0 Å². The van der Waals surface area contributed by atoms with Crippen molar-refractivity contribution in [3.05, 3.63) is 40.5 Å².